The molecule has 2 aromatic heterocycles. The normalized spacial score (nSPS) is 12.3. The highest BCUT2D eigenvalue weighted by Gasteiger charge is 2.20. The van der Waals surface area contributed by atoms with E-state index in [2.05, 4.69) is 29.2 Å². The molecule has 3 aromatic rings. The van der Waals surface area contributed by atoms with Crippen LogP contribution in [-0.4, -0.2) is 46.3 Å². The Morgan fingerprint density at radius 1 is 1.23 bits per heavy atom. The summed E-state index contributed by atoms with van der Waals surface area (Å²) >= 11 is 0. The number of hydrogen-bond donors (Lipinski definition) is 1. The second kappa shape index (κ2) is 10.2. The van der Waals surface area contributed by atoms with Gasteiger partial charge in [-0.2, -0.15) is 5.10 Å². The van der Waals surface area contributed by atoms with E-state index in [1.165, 1.54) is 16.8 Å². The van der Waals surface area contributed by atoms with Gasteiger partial charge >= 0.3 is 0 Å². The Labute approximate surface area is 176 Å². The van der Waals surface area contributed by atoms with Crippen molar-refractivity contribution < 1.29 is 13.6 Å². The van der Waals surface area contributed by atoms with Gasteiger partial charge in [-0.3, -0.25) is 4.79 Å². The van der Waals surface area contributed by atoms with Gasteiger partial charge in [-0.15, -0.1) is 0 Å². The fourth-order valence-electron chi connectivity index (χ4n) is 3.40. The van der Waals surface area contributed by atoms with Crippen molar-refractivity contribution in [1.29, 1.82) is 0 Å². The number of halogens is 1. The summed E-state index contributed by atoms with van der Waals surface area (Å²) < 4.78 is 20.3. The summed E-state index contributed by atoms with van der Waals surface area (Å²) in [5.74, 6) is 0.00198. The topological polar surface area (TPSA) is 63.3 Å². The fraction of sp³-hybridized carbons (Fsp3) is 0.391. The number of rotatable bonds is 10. The van der Waals surface area contributed by atoms with Gasteiger partial charge in [0.1, 0.15) is 17.2 Å². The van der Waals surface area contributed by atoms with Crippen LogP contribution in [0.5, 0.6) is 0 Å². The predicted molar refractivity (Wildman–Crippen MR) is 115 cm³/mol. The molecule has 0 aliphatic carbocycles. The number of hydrogen-bond acceptors (Lipinski definition) is 4. The Bertz CT molecular complexity index is 931. The monoisotopic (exact) mass is 412 g/mol. The van der Waals surface area contributed by atoms with Crippen molar-refractivity contribution in [2.24, 2.45) is 0 Å². The fourth-order valence-corrected chi connectivity index (χ4v) is 3.40. The maximum atomic E-state index is 13.4. The molecule has 30 heavy (non-hydrogen) atoms. The van der Waals surface area contributed by atoms with Crippen LogP contribution in [0.2, 0.25) is 0 Å². The molecule has 0 aliphatic rings. The smallest absolute Gasteiger partial charge is 0.270 e. The molecule has 1 atom stereocenters. The Morgan fingerprint density at radius 2 is 1.97 bits per heavy atom. The number of amides is 1. The summed E-state index contributed by atoms with van der Waals surface area (Å²) in [7, 11) is 0. The molecule has 0 radical (unpaired) electrons. The van der Waals surface area contributed by atoms with E-state index in [4.69, 9.17) is 4.42 Å². The minimum absolute atomic E-state index is 0.0247. The van der Waals surface area contributed by atoms with Crippen LogP contribution in [0.3, 0.4) is 0 Å². The van der Waals surface area contributed by atoms with Crippen LogP contribution in [-0.2, 0) is 0 Å². The third kappa shape index (κ3) is 5.36. The highest BCUT2D eigenvalue weighted by molar-refractivity contribution is 5.94. The van der Waals surface area contributed by atoms with Crippen molar-refractivity contribution in [2.45, 2.75) is 39.7 Å². The zero-order valence-electron chi connectivity index (χ0n) is 17.8. The van der Waals surface area contributed by atoms with E-state index in [1.54, 1.807) is 36.6 Å². The lowest BCUT2D eigenvalue weighted by Gasteiger charge is -2.20. The molecule has 0 saturated carbocycles. The average molecular weight is 413 g/mol. The van der Waals surface area contributed by atoms with Crippen LogP contribution in [0.25, 0.3) is 17.1 Å². The van der Waals surface area contributed by atoms with Gasteiger partial charge in [0, 0.05) is 12.1 Å². The maximum absolute atomic E-state index is 13.4. The largest absolute Gasteiger partial charge is 0.463 e. The quantitative estimate of drug-likeness (QED) is 0.532. The van der Waals surface area contributed by atoms with Gasteiger partial charge in [-0.05, 0) is 75.8 Å². The van der Waals surface area contributed by atoms with E-state index in [0.29, 0.717) is 22.8 Å². The summed E-state index contributed by atoms with van der Waals surface area (Å²) in [6.07, 6.45) is 3.46. The van der Waals surface area contributed by atoms with Gasteiger partial charge in [0.2, 0.25) is 0 Å². The average Bonchev–Trinajstić information content (AvgIpc) is 3.41. The van der Waals surface area contributed by atoms with E-state index in [9.17, 15) is 9.18 Å². The van der Waals surface area contributed by atoms with Crippen LogP contribution in [0.15, 0.2) is 53.1 Å². The zero-order chi connectivity index (χ0) is 21.5. The summed E-state index contributed by atoms with van der Waals surface area (Å²) in [5.41, 5.74) is 1.53. The lowest BCUT2D eigenvalue weighted by Crippen LogP contribution is -2.34. The van der Waals surface area contributed by atoms with E-state index < -0.39 is 0 Å². The number of carbonyl (C=O) groups excluding carboxylic acids is 1. The van der Waals surface area contributed by atoms with Crippen molar-refractivity contribution in [2.75, 3.05) is 19.6 Å². The first-order valence-corrected chi connectivity index (χ1v) is 10.4. The van der Waals surface area contributed by atoms with Gasteiger partial charge in [0.15, 0.2) is 5.76 Å². The Morgan fingerprint density at radius 3 is 2.60 bits per heavy atom. The van der Waals surface area contributed by atoms with Crippen molar-refractivity contribution in [3.63, 3.8) is 0 Å². The lowest BCUT2D eigenvalue weighted by atomic mass is 10.1. The minimum atomic E-state index is -0.343. The zero-order valence-corrected chi connectivity index (χ0v) is 17.8. The molecule has 0 spiro atoms. The summed E-state index contributed by atoms with van der Waals surface area (Å²) in [6, 6.07) is 11.2. The Hall–Kier alpha value is -2.93. The second-order valence-corrected chi connectivity index (χ2v) is 7.32. The molecule has 7 heteroatoms. The van der Waals surface area contributed by atoms with Crippen LogP contribution in [0, 0.1) is 5.82 Å². The Kier molecular flexibility index (Phi) is 7.41. The van der Waals surface area contributed by atoms with Crippen LogP contribution >= 0.6 is 0 Å². The third-order valence-electron chi connectivity index (χ3n) is 5.17. The molecule has 2 heterocycles. The van der Waals surface area contributed by atoms with Crippen molar-refractivity contribution in [1.82, 2.24) is 20.0 Å². The number of carbonyl (C=O) groups is 1. The molecule has 1 N–H and O–H groups in total. The van der Waals surface area contributed by atoms with E-state index in [-0.39, 0.29) is 17.8 Å². The molecule has 6 nitrogen and oxygen atoms in total. The number of benzene rings is 1. The highest BCUT2D eigenvalue weighted by atomic mass is 19.1. The molecule has 3 rings (SSSR count). The number of furan rings is 1. The van der Waals surface area contributed by atoms with Crippen LogP contribution < -0.4 is 5.32 Å². The first kappa shape index (κ1) is 21.8. The molecule has 1 amide bonds. The Balaban J connectivity index is 1.76. The maximum Gasteiger partial charge on any atom is 0.270 e. The van der Waals surface area contributed by atoms with E-state index >= 15 is 0 Å². The molecule has 0 fully saturated rings. The highest BCUT2D eigenvalue weighted by Crippen LogP contribution is 2.22. The van der Waals surface area contributed by atoms with Crippen molar-refractivity contribution in [3.05, 3.63) is 60.2 Å². The minimum Gasteiger partial charge on any atom is -0.463 e. The van der Waals surface area contributed by atoms with Gasteiger partial charge < -0.3 is 14.6 Å². The molecule has 0 unspecified atom stereocenters. The van der Waals surface area contributed by atoms with Crippen molar-refractivity contribution in [3.8, 4) is 17.1 Å². The third-order valence-corrected chi connectivity index (χ3v) is 5.17. The molecule has 0 saturated heterocycles. The standard InChI is InChI=1S/C23H29FN4O2/c1-4-27(5-2)14-6-8-17(3)25-23(29)21-16-20(22-9-7-15-30-22)26-28(21)19-12-10-18(24)11-13-19/h7,9-13,15-17H,4-6,8,14H2,1-3H3,(H,25,29)/t17-/m0/s1. The summed E-state index contributed by atoms with van der Waals surface area (Å²) in [5, 5.41) is 7.58. The first-order chi connectivity index (χ1) is 14.5. The number of nitrogens with zero attached hydrogens (tertiary/aromatic N) is 3. The molecule has 0 bridgehead atoms. The molecular weight excluding hydrogens is 383 g/mol. The van der Waals surface area contributed by atoms with E-state index in [0.717, 1.165) is 32.5 Å². The van der Waals surface area contributed by atoms with Crippen LogP contribution in [0.4, 0.5) is 4.39 Å². The molecule has 0 aliphatic heterocycles. The first-order valence-electron chi connectivity index (χ1n) is 10.4. The second-order valence-electron chi connectivity index (χ2n) is 7.32. The van der Waals surface area contributed by atoms with Gasteiger partial charge in [-0.25, -0.2) is 9.07 Å². The van der Waals surface area contributed by atoms with Crippen LogP contribution in [0.1, 0.15) is 44.1 Å². The van der Waals surface area contributed by atoms with Gasteiger partial charge in [0.25, 0.3) is 5.91 Å². The van der Waals surface area contributed by atoms with Crippen molar-refractivity contribution >= 4 is 5.91 Å². The molecule has 1 aromatic carbocycles. The lowest BCUT2D eigenvalue weighted by molar-refractivity contribution is 0.0929. The number of aromatic nitrogens is 2. The number of nitrogens with one attached hydrogen (secondary N) is 1. The van der Waals surface area contributed by atoms with E-state index in [1.807, 2.05) is 6.92 Å². The molecular formula is C23H29FN4O2. The summed E-state index contributed by atoms with van der Waals surface area (Å²) in [4.78, 5) is 15.4. The molecule has 160 valence electrons. The van der Waals surface area contributed by atoms with Gasteiger partial charge in [0.05, 0.1) is 12.0 Å². The SMILES string of the molecule is CCN(CC)CCC[C@H](C)NC(=O)c1cc(-c2ccco2)nn1-c1ccc(F)cc1. The summed E-state index contributed by atoms with van der Waals surface area (Å²) in [6.45, 7) is 9.40. The van der Waals surface area contributed by atoms with Gasteiger partial charge in [-0.1, -0.05) is 13.8 Å². The predicted octanol–water partition coefficient (Wildman–Crippen LogP) is 4.51.